The van der Waals surface area contributed by atoms with Crippen LogP contribution in [0.25, 0.3) is 10.9 Å². The summed E-state index contributed by atoms with van der Waals surface area (Å²) < 4.78 is 11.2. The summed E-state index contributed by atoms with van der Waals surface area (Å²) in [7, 11) is 0. The third kappa shape index (κ3) is 2.49. The molecular weight excluding hydrogens is 240 g/mol. The molecule has 2 heterocycles. The molecule has 0 saturated heterocycles. The van der Waals surface area contributed by atoms with Crippen LogP contribution in [-0.4, -0.2) is 24.7 Å². The van der Waals surface area contributed by atoms with Crippen molar-refractivity contribution in [1.82, 2.24) is 4.98 Å². The first kappa shape index (κ1) is 12.2. The molecule has 19 heavy (non-hydrogen) atoms. The molecule has 0 spiro atoms. The minimum Gasteiger partial charge on any atom is -0.486 e. The summed E-state index contributed by atoms with van der Waals surface area (Å²) >= 11 is 0. The summed E-state index contributed by atoms with van der Waals surface area (Å²) in [4.78, 5) is 4.68. The Morgan fingerprint density at radius 2 is 1.95 bits per heavy atom. The molecule has 1 aromatic carbocycles. The number of rotatable bonds is 3. The molecule has 1 aliphatic heterocycles. The molecule has 0 saturated carbocycles. The summed E-state index contributed by atoms with van der Waals surface area (Å²) in [6.45, 7) is 4.02. The van der Waals surface area contributed by atoms with Crippen LogP contribution in [0.15, 0.2) is 24.3 Å². The Bertz CT molecular complexity index is 598. The van der Waals surface area contributed by atoms with Gasteiger partial charge in [-0.15, -0.1) is 0 Å². The minimum atomic E-state index is 0.446. The molecule has 1 unspecified atom stereocenters. The Morgan fingerprint density at radius 3 is 2.68 bits per heavy atom. The fourth-order valence-electron chi connectivity index (χ4n) is 2.26. The van der Waals surface area contributed by atoms with Crippen molar-refractivity contribution < 1.29 is 9.47 Å². The van der Waals surface area contributed by atoms with Gasteiger partial charge in [0.1, 0.15) is 13.2 Å². The molecule has 3 rings (SSSR count). The second-order valence-electron chi connectivity index (χ2n) is 5.04. The van der Waals surface area contributed by atoms with Crippen LogP contribution in [0.5, 0.6) is 11.5 Å². The zero-order chi connectivity index (χ0) is 13.2. The van der Waals surface area contributed by atoms with Gasteiger partial charge in [-0.05, 0) is 31.0 Å². The molecular formula is C15H18N2O2. The molecule has 1 aromatic heterocycles. The number of nitrogens with two attached hydrogens (primary N) is 1. The van der Waals surface area contributed by atoms with Gasteiger partial charge in [-0.3, -0.25) is 4.98 Å². The fraction of sp³-hybridized carbons (Fsp3) is 0.400. The first-order valence-electron chi connectivity index (χ1n) is 6.65. The molecule has 0 bridgehead atoms. The third-order valence-electron chi connectivity index (χ3n) is 3.37. The number of nitrogens with zero attached hydrogens (tertiary/aromatic N) is 1. The van der Waals surface area contributed by atoms with Crippen molar-refractivity contribution in [3.05, 3.63) is 30.0 Å². The minimum absolute atomic E-state index is 0.446. The molecule has 1 atom stereocenters. The van der Waals surface area contributed by atoms with Crippen molar-refractivity contribution in [2.75, 3.05) is 19.8 Å². The lowest BCUT2D eigenvalue weighted by Crippen LogP contribution is -2.15. The highest BCUT2D eigenvalue weighted by molar-refractivity contribution is 5.82. The number of hydrogen-bond donors (Lipinski definition) is 1. The van der Waals surface area contributed by atoms with E-state index in [-0.39, 0.29) is 0 Å². The summed E-state index contributed by atoms with van der Waals surface area (Å²) in [6.07, 6.45) is 0.904. The topological polar surface area (TPSA) is 57.4 Å². The van der Waals surface area contributed by atoms with Gasteiger partial charge in [-0.1, -0.05) is 13.0 Å². The predicted molar refractivity (Wildman–Crippen MR) is 74.7 cm³/mol. The van der Waals surface area contributed by atoms with E-state index in [1.807, 2.05) is 12.1 Å². The lowest BCUT2D eigenvalue weighted by molar-refractivity contribution is 0.172. The van der Waals surface area contributed by atoms with Crippen molar-refractivity contribution >= 4 is 10.9 Å². The molecule has 100 valence electrons. The van der Waals surface area contributed by atoms with Crippen LogP contribution in [0, 0.1) is 5.92 Å². The molecule has 0 aliphatic carbocycles. The van der Waals surface area contributed by atoms with E-state index in [0.717, 1.165) is 34.5 Å². The molecule has 1 aliphatic rings. The summed E-state index contributed by atoms with van der Waals surface area (Å²) in [5.74, 6) is 2.04. The second-order valence-corrected chi connectivity index (χ2v) is 5.04. The van der Waals surface area contributed by atoms with E-state index in [1.54, 1.807) is 0 Å². The first-order valence-corrected chi connectivity index (χ1v) is 6.65. The zero-order valence-corrected chi connectivity index (χ0v) is 11.1. The van der Waals surface area contributed by atoms with Gasteiger partial charge in [0, 0.05) is 17.1 Å². The van der Waals surface area contributed by atoms with Gasteiger partial charge in [-0.25, -0.2) is 0 Å². The second kappa shape index (κ2) is 5.05. The highest BCUT2D eigenvalue weighted by Gasteiger charge is 2.13. The Morgan fingerprint density at radius 1 is 1.21 bits per heavy atom. The van der Waals surface area contributed by atoms with E-state index >= 15 is 0 Å². The number of fused-ring (bicyclic) bond motifs is 2. The lowest BCUT2D eigenvalue weighted by atomic mass is 10.0. The highest BCUT2D eigenvalue weighted by Crippen LogP contribution is 2.33. The normalized spacial score (nSPS) is 15.5. The largest absolute Gasteiger partial charge is 0.486 e. The average Bonchev–Trinajstić information content (AvgIpc) is 2.45. The summed E-state index contributed by atoms with van der Waals surface area (Å²) in [5, 5.41) is 1.08. The zero-order valence-electron chi connectivity index (χ0n) is 11.1. The van der Waals surface area contributed by atoms with Crippen molar-refractivity contribution in [2.45, 2.75) is 13.3 Å². The Hall–Kier alpha value is -1.81. The SMILES string of the molecule is CC(CN)Cc1ccc2cc3c(cc2n1)OCCO3. The number of benzene rings is 1. The van der Waals surface area contributed by atoms with Crippen LogP contribution in [0.2, 0.25) is 0 Å². The maximum atomic E-state index is 5.66. The summed E-state index contributed by atoms with van der Waals surface area (Å²) in [5.41, 5.74) is 7.68. The van der Waals surface area contributed by atoms with Gasteiger partial charge >= 0.3 is 0 Å². The van der Waals surface area contributed by atoms with Crippen molar-refractivity contribution in [3.63, 3.8) is 0 Å². The van der Waals surface area contributed by atoms with E-state index in [2.05, 4.69) is 24.0 Å². The molecule has 0 radical (unpaired) electrons. The number of aromatic nitrogens is 1. The maximum absolute atomic E-state index is 5.66. The monoisotopic (exact) mass is 258 g/mol. The van der Waals surface area contributed by atoms with E-state index in [1.165, 1.54) is 0 Å². The van der Waals surface area contributed by atoms with Gasteiger partial charge in [-0.2, -0.15) is 0 Å². The Kier molecular flexibility index (Phi) is 3.25. The van der Waals surface area contributed by atoms with E-state index in [9.17, 15) is 0 Å². The lowest BCUT2D eigenvalue weighted by Gasteiger charge is -2.18. The van der Waals surface area contributed by atoms with Crippen LogP contribution in [-0.2, 0) is 6.42 Å². The Labute approximate surface area is 112 Å². The van der Waals surface area contributed by atoms with E-state index in [4.69, 9.17) is 15.2 Å². The van der Waals surface area contributed by atoms with Crippen molar-refractivity contribution in [2.24, 2.45) is 11.7 Å². The fourth-order valence-corrected chi connectivity index (χ4v) is 2.26. The smallest absolute Gasteiger partial charge is 0.163 e. The summed E-state index contributed by atoms with van der Waals surface area (Å²) in [6, 6.07) is 8.09. The van der Waals surface area contributed by atoms with Gasteiger partial charge in [0.2, 0.25) is 0 Å². The number of hydrogen-bond acceptors (Lipinski definition) is 4. The van der Waals surface area contributed by atoms with Crippen LogP contribution < -0.4 is 15.2 Å². The molecule has 4 heteroatoms. The highest BCUT2D eigenvalue weighted by atomic mass is 16.6. The van der Waals surface area contributed by atoms with Crippen LogP contribution >= 0.6 is 0 Å². The van der Waals surface area contributed by atoms with Crippen molar-refractivity contribution in [3.8, 4) is 11.5 Å². The molecule has 0 fully saturated rings. The van der Waals surface area contributed by atoms with Gasteiger partial charge in [0.15, 0.2) is 11.5 Å². The van der Waals surface area contributed by atoms with Gasteiger partial charge < -0.3 is 15.2 Å². The molecule has 2 aromatic rings. The third-order valence-corrected chi connectivity index (χ3v) is 3.37. The van der Waals surface area contributed by atoms with Crippen LogP contribution in [0.3, 0.4) is 0 Å². The van der Waals surface area contributed by atoms with Gasteiger partial charge in [0.25, 0.3) is 0 Å². The first-order chi connectivity index (χ1) is 9.26. The quantitative estimate of drug-likeness (QED) is 0.916. The van der Waals surface area contributed by atoms with Crippen LogP contribution in [0.4, 0.5) is 0 Å². The Balaban J connectivity index is 1.98. The molecule has 4 nitrogen and oxygen atoms in total. The molecule has 0 amide bonds. The number of ether oxygens (including phenoxy) is 2. The van der Waals surface area contributed by atoms with E-state index < -0.39 is 0 Å². The van der Waals surface area contributed by atoms with Gasteiger partial charge in [0.05, 0.1) is 5.52 Å². The molecule has 2 N–H and O–H groups in total. The van der Waals surface area contributed by atoms with Crippen LogP contribution in [0.1, 0.15) is 12.6 Å². The van der Waals surface area contributed by atoms with E-state index in [0.29, 0.717) is 25.7 Å². The average molecular weight is 258 g/mol. The number of pyridine rings is 1. The standard InChI is InChI=1S/C15H18N2O2/c1-10(9-16)6-12-3-2-11-7-14-15(8-13(11)17-12)19-5-4-18-14/h2-3,7-8,10H,4-6,9,16H2,1H3. The predicted octanol–water partition coefficient (Wildman–Crippen LogP) is 2.14. The van der Waals surface area contributed by atoms with Crippen molar-refractivity contribution in [1.29, 1.82) is 0 Å². The maximum Gasteiger partial charge on any atom is 0.163 e.